The van der Waals surface area contributed by atoms with Gasteiger partial charge in [0.15, 0.2) is 50.9 Å². The van der Waals surface area contributed by atoms with E-state index >= 15 is 0 Å². The second kappa shape index (κ2) is 14.4. The number of carbonyl (C=O) groups excluding carboxylic acids is 4. The standard InChI is InChI=1S/C15H20ClN7O2.C14H19ClN8O2/c1-8(24)23-6-4-15(5-7-23)3-2-9(22-15)19-14(25)10-12(17)21-13(18)11(16)20-10;1-7(24)23-4-2-14(3-5-23)6-18-13(22-14)21-12(25)8-10(16)20-11(17)9(15)19-8/h2-7H2,1H3,(H4,17,18,21)(H,19,22,25);2-6H2,1H3,(H4,16,17,20)(H2,18,21,22,25). The quantitative estimate of drug-likeness (QED) is 0.214. The zero-order chi connectivity index (χ0) is 36.4. The highest BCUT2D eigenvalue weighted by atomic mass is 35.5. The number of rotatable bonds is 2. The zero-order valence-electron chi connectivity index (χ0n) is 27.6. The molecule has 50 heavy (non-hydrogen) atoms. The van der Waals surface area contributed by atoms with Crippen LogP contribution in [0.25, 0.3) is 0 Å². The Morgan fingerprint density at radius 3 is 1.68 bits per heavy atom. The van der Waals surface area contributed by atoms with E-state index in [1.807, 2.05) is 4.90 Å². The molecule has 4 amide bonds. The summed E-state index contributed by atoms with van der Waals surface area (Å²) in [6.45, 7) is 6.35. The summed E-state index contributed by atoms with van der Waals surface area (Å²) in [5.74, 6) is -0.249. The molecule has 6 heterocycles. The van der Waals surface area contributed by atoms with Crippen molar-refractivity contribution in [2.24, 2.45) is 9.98 Å². The normalized spacial score (nSPS) is 18.8. The van der Waals surface area contributed by atoms with Gasteiger partial charge in [-0.15, -0.1) is 0 Å². The van der Waals surface area contributed by atoms with E-state index in [0.717, 1.165) is 32.1 Å². The number of guanidine groups is 1. The van der Waals surface area contributed by atoms with Crippen molar-refractivity contribution < 1.29 is 19.2 Å². The lowest BCUT2D eigenvalue weighted by molar-refractivity contribution is -0.131. The number of carbonyl (C=O) groups is 4. The Morgan fingerprint density at radius 2 is 1.18 bits per heavy atom. The Balaban J connectivity index is 0.000000194. The minimum atomic E-state index is -0.573. The number of anilines is 4. The summed E-state index contributed by atoms with van der Waals surface area (Å²) in [7, 11) is 0. The van der Waals surface area contributed by atoms with Crippen LogP contribution in [0.2, 0.25) is 10.3 Å². The van der Waals surface area contributed by atoms with Crippen LogP contribution in [0.15, 0.2) is 9.98 Å². The fraction of sp³-hybridized carbons (Fsp3) is 0.517. The molecule has 2 aromatic rings. The molecule has 268 valence electrons. The number of halogens is 2. The summed E-state index contributed by atoms with van der Waals surface area (Å²) in [4.78, 5) is 75.6. The van der Waals surface area contributed by atoms with Gasteiger partial charge in [-0.1, -0.05) is 23.2 Å². The minimum absolute atomic E-state index is 0.0230. The van der Waals surface area contributed by atoms with Crippen LogP contribution in [0.4, 0.5) is 23.3 Å². The van der Waals surface area contributed by atoms with E-state index in [1.54, 1.807) is 18.7 Å². The summed E-state index contributed by atoms with van der Waals surface area (Å²) < 4.78 is 0. The molecular weight excluding hydrogens is 693 g/mol. The maximum atomic E-state index is 12.4. The van der Waals surface area contributed by atoms with Gasteiger partial charge in [0.25, 0.3) is 11.8 Å². The third-order valence-corrected chi connectivity index (χ3v) is 9.71. The van der Waals surface area contributed by atoms with E-state index in [4.69, 9.17) is 51.1 Å². The highest BCUT2D eigenvalue weighted by Gasteiger charge is 2.40. The number of nitrogen functional groups attached to an aromatic ring is 4. The predicted molar refractivity (Wildman–Crippen MR) is 187 cm³/mol. The Morgan fingerprint density at radius 1 is 0.700 bits per heavy atom. The van der Waals surface area contributed by atoms with Crippen LogP contribution >= 0.6 is 23.2 Å². The van der Waals surface area contributed by atoms with Crippen LogP contribution in [0.1, 0.15) is 73.3 Å². The van der Waals surface area contributed by atoms with E-state index in [0.29, 0.717) is 50.9 Å². The Labute approximate surface area is 297 Å². The van der Waals surface area contributed by atoms with Gasteiger partial charge < -0.3 is 43.4 Å². The number of nitrogens with two attached hydrogens (primary N) is 4. The van der Waals surface area contributed by atoms with Crippen molar-refractivity contribution in [3.8, 4) is 0 Å². The summed E-state index contributed by atoms with van der Waals surface area (Å²) in [5, 5.41) is 8.45. The first-order valence-electron chi connectivity index (χ1n) is 15.8. The molecule has 4 aliphatic heterocycles. The topological polar surface area (TPSA) is 291 Å². The smallest absolute Gasteiger partial charge is 0.280 e. The molecule has 21 heteroatoms. The van der Waals surface area contributed by atoms with E-state index in [1.165, 1.54) is 0 Å². The molecule has 19 nitrogen and oxygen atoms in total. The molecule has 2 aromatic heterocycles. The van der Waals surface area contributed by atoms with Gasteiger partial charge in [0, 0.05) is 46.4 Å². The number of aliphatic imine (C=N–C) groups is 2. The highest BCUT2D eigenvalue weighted by Crippen LogP contribution is 2.35. The van der Waals surface area contributed by atoms with E-state index < -0.39 is 11.8 Å². The van der Waals surface area contributed by atoms with Gasteiger partial charge in [-0.2, -0.15) is 0 Å². The first kappa shape index (κ1) is 36.2. The van der Waals surface area contributed by atoms with Crippen molar-refractivity contribution in [2.45, 2.75) is 63.5 Å². The minimum Gasteiger partial charge on any atom is -0.382 e. The maximum absolute atomic E-state index is 12.4. The van der Waals surface area contributed by atoms with Crippen LogP contribution in [0.3, 0.4) is 0 Å². The van der Waals surface area contributed by atoms with Crippen LogP contribution in [-0.2, 0) is 9.59 Å². The average Bonchev–Trinajstić information content (AvgIpc) is 3.64. The molecule has 2 fully saturated rings. The van der Waals surface area contributed by atoms with E-state index in [9.17, 15) is 19.2 Å². The molecule has 0 radical (unpaired) electrons. The van der Waals surface area contributed by atoms with Crippen molar-refractivity contribution in [1.29, 1.82) is 0 Å². The van der Waals surface area contributed by atoms with Gasteiger partial charge in [-0.3, -0.25) is 34.5 Å². The van der Waals surface area contributed by atoms with Crippen molar-refractivity contribution >= 4 is 81.9 Å². The van der Waals surface area contributed by atoms with Crippen molar-refractivity contribution in [3.05, 3.63) is 21.7 Å². The zero-order valence-corrected chi connectivity index (χ0v) is 29.1. The lowest BCUT2D eigenvalue weighted by Gasteiger charge is -2.38. The third-order valence-electron chi connectivity index (χ3n) is 9.16. The first-order chi connectivity index (χ1) is 23.6. The van der Waals surface area contributed by atoms with Crippen LogP contribution < -0.4 is 38.9 Å². The lowest BCUT2D eigenvalue weighted by Crippen LogP contribution is -2.56. The first-order valence-corrected chi connectivity index (χ1v) is 16.6. The number of hydrogen-bond acceptors (Lipinski definition) is 15. The van der Waals surface area contributed by atoms with Crippen LogP contribution in [0, 0.1) is 0 Å². The molecular formula is C29H39Cl2N15O4. The Hall–Kier alpha value is -5.04. The number of amidine groups is 1. The number of nitrogens with zero attached hydrogens (tertiary/aromatic N) is 8. The molecule has 4 aliphatic rings. The van der Waals surface area contributed by atoms with E-state index in [2.05, 4.69) is 40.9 Å². The summed E-state index contributed by atoms with van der Waals surface area (Å²) in [6.07, 6.45) is 4.60. The van der Waals surface area contributed by atoms with Crippen molar-refractivity contribution in [2.75, 3.05) is 55.7 Å². The molecule has 0 atom stereocenters. The molecule has 2 spiro atoms. The fourth-order valence-corrected chi connectivity index (χ4v) is 6.43. The highest BCUT2D eigenvalue weighted by molar-refractivity contribution is 6.32. The molecule has 0 aromatic carbocycles. The molecule has 11 N–H and O–H groups in total. The largest absolute Gasteiger partial charge is 0.382 e. The maximum Gasteiger partial charge on any atom is 0.280 e. The van der Waals surface area contributed by atoms with Crippen LogP contribution in [-0.4, -0.2) is 109 Å². The van der Waals surface area contributed by atoms with Gasteiger partial charge in [0.2, 0.25) is 11.8 Å². The molecule has 0 saturated carbocycles. The van der Waals surface area contributed by atoms with Gasteiger partial charge in [-0.25, -0.2) is 19.9 Å². The third kappa shape index (κ3) is 8.05. The Bertz CT molecular complexity index is 1770. The van der Waals surface area contributed by atoms with Gasteiger partial charge in [0.05, 0.1) is 17.6 Å². The Kier molecular flexibility index (Phi) is 10.5. The predicted octanol–water partition coefficient (Wildman–Crippen LogP) is -0.0379. The summed E-state index contributed by atoms with van der Waals surface area (Å²) >= 11 is 11.6. The van der Waals surface area contributed by atoms with Gasteiger partial charge in [0.1, 0.15) is 5.84 Å². The molecule has 0 aliphatic carbocycles. The number of nitrogens with one attached hydrogen (secondary N) is 3. The lowest BCUT2D eigenvalue weighted by atomic mass is 9.86. The number of likely N-dealkylation sites (tertiary alicyclic amines) is 2. The second-order valence-corrected chi connectivity index (χ2v) is 13.3. The molecule has 6 rings (SSSR count). The summed E-state index contributed by atoms with van der Waals surface area (Å²) in [5.41, 5.74) is 21.7. The van der Waals surface area contributed by atoms with Crippen molar-refractivity contribution in [1.82, 2.24) is 45.7 Å². The molecule has 0 unspecified atom stereocenters. The monoisotopic (exact) mass is 731 g/mol. The van der Waals surface area contributed by atoms with Crippen molar-refractivity contribution in [3.63, 3.8) is 0 Å². The second-order valence-electron chi connectivity index (χ2n) is 12.5. The molecule has 2 saturated heterocycles. The number of hydrogen-bond donors (Lipinski definition) is 7. The summed E-state index contributed by atoms with van der Waals surface area (Å²) in [6, 6.07) is 0. The average molecular weight is 733 g/mol. The number of piperidine rings is 2. The van der Waals surface area contributed by atoms with Gasteiger partial charge in [-0.05, 0) is 32.1 Å². The van der Waals surface area contributed by atoms with Crippen LogP contribution in [0.5, 0.6) is 0 Å². The number of aromatic nitrogens is 4. The van der Waals surface area contributed by atoms with Gasteiger partial charge >= 0.3 is 0 Å². The van der Waals surface area contributed by atoms with E-state index in [-0.39, 0.29) is 67.9 Å². The fourth-order valence-electron chi connectivity index (χ4n) is 6.18. The molecule has 0 bridgehead atoms. The number of amides is 4. The SMILES string of the molecule is CC(=O)N1CCC2(CC1)CN=C(NC(=O)c1nc(Cl)c(N)nc1N)N2.CC(=O)N1CCC2(CCC(NC(=O)c3nc(Cl)c(N)nc3N)=N2)CC1.